The molecule has 0 aliphatic carbocycles. The second-order valence-corrected chi connectivity index (χ2v) is 6.49. The highest BCUT2D eigenvalue weighted by molar-refractivity contribution is 5.91. The van der Waals surface area contributed by atoms with Crippen LogP contribution in [0.25, 0.3) is 17.0 Å². The van der Waals surface area contributed by atoms with Crippen molar-refractivity contribution in [2.45, 2.75) is 6.92 Å². The number of methoxy groups -OCH3 is 1. The number of nitrogens with one attached hydrogen (secondary N) is 2. The van der Waals surface area contributed by atoms with E-state index in [4.69, 9.17) is 9.47 Å². The van der Waals surface area contributed by atoms with E-state index in [-0.39, 0.29) is 18.1 Å². The van der Waals surface area contributed by atoms with Crippen LogP contribution in [-0.2, 0) is 11.8 Å². The van der Waals surface area contributed by atoms with Crippen LogP contribution in [0.3, 0.4) is 0 Å². The molecule has 0 unspecified atom stereocenters. The standard InChI is InChI=1S/C19H19N7O4/c1-11-7-15(21-16(27)10-30-13-6-4-5-12(8-13)29-3)26(24-11)19-22-17-14(18(28)23-19)9-20-25(17)2/h4-9H,10H2,1-3H3,(H,21,27)(H,22,23,28). The summed E-state index contributed by atoms with van der Waals surface area (Å²) in [7, 11) is 3.24. The van der Waals surface area contributed by atoms with Gasteiger partial charge in [-0.25, -0.2) is 0 Å². The first-order chi connectivity index (χ1) is 14.4. The number of anilines is 1. The van der Waals surface area contributed by atoms with Crippen LogP contribution in [-0.4, -0.2) is 49.2 Å². The van der Waals surface area contributed by atoms with E-state index >= 15 is 0 Å². The molecule has 0 atom stereocenters. The molecule has 154 valence electrons. The van der Waals surface area contributed by atoms with Crippen LogP contribution in [0.2, 0.25) is 0 Å². The topological polar surface area (TPSA) is 129 Å². The molecule has 0 fully saturated rings. The Labute approximate surface area is 170 Å². The molecule has 11 heteroatoms. The molecule has 0 bridgehead atoms. The first-order valence-corrected chi connectivity index (χ1v) is 9.00. The molecular formula is C19H19N7O4. The molecule has 11 nitrogen and oxygen atoms in total. The normalized spacial score (nSPS) is 10.9. The van der Waals surface area contributed by atoms with Crippen molar-refractivity contribution in [3.05, 3.63) is 52.6 Å². The van der Waals surface area contributed by atoms with Gasteiger partial charge in [-0.3, -0.25) is 19.3 Å². The van der Waals surface area contributed by atoms with Crippen molar-refractivity contribution in [3.8, 4) is 17.4 Å². The number of carbonyl (C=O) groups is 1. The molecule has 0 radical (unpaired) electrons. The number of carbonyl (C=O) groups excluding carboxylic acids is 1. The van der Waals surface area contributed by atoms with Gasteiger partial charge < -0.3 is 14.8 Å². The third kappa shape index (κ3) is 3.72. The number of hydrogen-bond donors (Lipinski definition) is 2. The van der Waals surface area contributed by atoms with Crippen molar-refractivity contribution in [1.29, 1.82) is 0 Å². The maximum Gasteiger partial charge on any atom is 0.263 e. The number of H-pyrrole nitrogens is 1. The largest absolute Gasteiger partial charge is 0.497 e. The fourth-order valence-corrected chi connectivity index (χ4v) is 2.89. The molecular weight excluding hydrogens is 390 g/mol. The van der Waals surface area contributed by atoms with Gasteiger partial charge in [-0.15, -0.1) is 0 Å². The number of hydrogen-bond acceptors (Lipinski definition) is 7. The number of benzene rings is 1. The van der Waals surface area contributed by atoms with Crippen molar-refractivity contribution < 1.29 is 14.3 Å². The first kappa shape index (κ1) is 19.2. The summed E-state index contributed by atoms with van der Waals surface area (Å²) in [4.78, 5) is 31.8. The summed E-state index contributed by atoms with van der Waals surface area (Å²) >= 11 is 0. The number of aromatic amines is 1. The first-order valence-electron chi connectivity index (χ1n) is 9.00. The molecule has 0 saturated heterocycles. The van der Waals surface area contributed by atoms with Crippen LogP contribution in [0, 0.1) is 6.92 Å². The Morgan fingerprint density at radius 1 is 1.27 bits per heavy atom. The van der Waals surface area contributed by atoms with Gasteiger partial charge in [0.05, 0.1) is 19.0 Å². The highest BCUT2D eigenvalue weighted by atomic mass is 16.5. The molecule has 2 N–H and O–H groups in total. The van der Waals surface area contributed by atoms with E-state index in [2.05, 4.69) is 25.5 Å². The Balaban J connectivity index is 1.55. The number of amides is 1. The van der Waals surface area contributed by atoms with Crippen molar-refractivity contribution in [2.24, 2.45) is 7.05 Å². The summed E-state index contributed by atoms with van der Waals surface area (Å²) in [6, 6.07) is 8.61. The maximum absolute atomic E-state index is 12.4. The number of rotatable bonds is 6. The maximum atomic E-state index is 12.4. The van der Waals surface area contributed by atoms with E-state index in [0.717, 1.165) is 0 Å². The van der Waals surface area contributed by atoms with Crippen molar-refractivity contribution >= 4 is 22.8 Å². The van der Waals surface area contributed by atoms with Crippen LogP contribution in [0.1, 0.15) is 5.69 Å². The quantitative estimate of drug-likeness (QED) is 0.489. The number of fused-ring (bicyclic) bond motifs is 1. The minimum Gasteiger partial charge on any atom is -0.497 e. The molecule has 4 aromatic rings. The van der Waals surface area contributed by atoms with E-state index in [1.54, 1.807) is 51.4 Å². The van der Waals surface area contributed by atoms with Gasteiger partial charge >= 0.3 is 0 Å². The second-order valence-electron chi connectivity index (χ2n) is 6.49. The molecule has 0 spiro atoms. The van der Waals surface area contributed by atoms with Gasteiger partial charge in [-0.05, 0) is 19.1 Å². The zero-order valence-corrected chi connectivity index (χ0v) is 16.5. The summed E-state index contributed by atoms with van der Waals surface area (Å²) in [5, 5.41) is 11.5. The van der Waals surface area contributed by atoms with Gasteiger partial charge in [0.25, 0.3) is 11.5 Å². The summed E-state index contributed by atoms with van der Waals surface area (Å²) in [6.07, 6.45) is 1.44. The summed E-state index contributed by atoms with van der Waals surface area (Å²) in [6.45, 7) is 1.54. The molecule has 1 amide bonds. The Hall–Kier alpha value is -4.15. The lowest BCUT2D eigenvalue weighted by atomic mass is 10.3. The third-order valence-electron chi connectivity index (χ3n) is 4.30. The smallest absolute Gasteiger partial charge is 0.263 e. The molecule has 4 rings (SSSR count). The minimum atomic E-state index is -0.400. The molecule has 0 saturated carbocycles. The summed E-state index contributed by atoms with van der Waals surface area (Å²) < 4.78 is 13.5. The number of nitrogens with zero attached hydrogens (tertiary/aromatic N) is 5. The number of aromatic nitrogens is 6. The zero-order chi connectivity index (χ0) is 21.3. The molecule has 30 heavy (non-hydrogen) atoms. The zero-order valence-electron chi connectivity index (χ0n) is 16.5. The average Bonchev–Trinajstić information content (AvgIpc) is 3.29. The minimum absolute atomic E-state index is 0.160. The molecule has 0 aliphatic heterocycles. The summed E-state index contributed by atoms with van der Waals surface area (Å²) in [5.74, 6) is 1.23. The van der Waals surface area contributed by atoms with Crippen molar-refractivity contribution in [1.82, 2.24) is 29.5 Å². The van der Waals surface area contributed by atoms with Gasteiger partial charge in [-0.1, -0.05) is 6.07 Å². The van der Waals surface area contributed by atoms with Crippen LogP contribution >= 0.6 is 0 Å². The van der Waals surface area contributed by atoms with E-state index < -0.39 is 5.91 Å². The Morgan fingerprint density at radius 3 is 2.87 bits per heavy atom. The molecule has 3 aromatic heterocycles. The van der Waals surface area contributed by atoms with E-state index in [1.165, 1.54) is 15.6 Å². The van der Waals surface area contributed by atoms with Gasteiger partial charge in [-0.2, -0.15) is 19.9 Å². The monoisotopic (exact) mass is 409 g/mol. The number of aryl methyl sites for hydroxylation is 2. The van der Waals surface area contributed by atoms with Crippen LogP contribution < -0.4 is 20.3 Å². The van der Waals surface area contributed by atoms with Crippen LogP contribution in [0.4, 0.5) is 5.82 Å². The molecule has 1 aromatic carbocycles. The predicted octanol–water partition coefficient (Wildman–Crippen LogP) is 1.18. The number of ether oxygens (including phenoxy) is 2. The van der Waals surface area contributed by atoms with E-state index in [0.29, 0.717) is 34.0 Å². The predicted molar refractivity (Wildman–Crippen MR) is 108 cm³/mol. The van der Waals surface area contributed by atoms with E-state index in [9.17, 15) is 9.59 Å². The lowest BCUT2D eigenvalue weighted by molar-refractivity contribution is -0.118. The summed E-state index contributed by atoms with van der Waals surface area (Å²) in [5.41, 5.74) is 0.683. The Bertz CT molecular complexity index is 1290. The molecule has 3 heterocycles. The Morgan fingerprint density at radius 2 is 2.07 bits per heavy atom. The van der Waals surface area contributed by atoms with Gasteiger partial charge in [0.2, 0.25) is 5.95 Å². The van der Waals surface area contributed by atoms with Crippen molar-refractivity contribution in [3.63, 3.8) is 0 Å². The fraction of sp³-hybridized carbons (Fsp3) is 0.211. The van der Waals surface area contributed by atoms with E-state index in [1.807, 2.05) is 0 Å². The van der Waals surface area contributed by atoms with Gasteiger partial charge in [0, 0.05) is 19.2 Å². The Kier molecular flexibility index (Phi) is 4.92. The van der Waals surface area contributed by atoms with Crippen LogP contribution in [0.15, 0.2) is 41.3 Å². The van der Waals surface area contributed by atoms with Gasteiger partial charge in [0.1, 0.15) is 22.7 Å². The highest BCUT2D eigenvalue weighted by Crippen LogP contribution is 2.19. The molecule has 0 aliphatic rings. The second kappa shape index (κ2) is 7.70. The lowest BCUT2D eigenvalue weighted by Crippen LogP contribution is -2.23. The average molecular weight is 409 g/mol. The third-order valence-corrected chi connectivity index (χ3v) is 4.30. The van der Waals surface area contributed by atoms with Crippen molar-refractivity contribution in [2.75, 3.05) is 19.0 Å². The SMILES string of the molecule is COc1cccc(OCC(=O)Nc2cc(C)nn2-c2nc3c(cnn3C)c(=O)[nH]2)c1. The van der Waals surface area contributed by atoms with Gasteiger partial charge in [0.15, 0.2) is 12.3 Å². The highest BCUT2D eigenvalue weighted by Gasteiger charge is 2.16. The lowest BCUT2D eigenvalue weighted by Gasteiger charge is -2.10. The van der Waals surface area contributed by atoms with Crippen LogP contribution in [0.5, 0.6) is 11.5 Å². The fourth-order valence-electron chi connectivity index (χ4n) is 2.89.